The number of hydrogen-bond acceptors (Lipinski definition) is 4. The van der Waals surface area contributed by atoms with Crippen LogP contribution in [0, 0.1) is 5.82 Å². The summed E-state index contributed by atoms with van der Waals surface area (Å²) in [4.78, 5) is 12.6. The Kier molecular flexibility index (Phi) is 3.38. The Morgan fingerprint density at radius 3 is 2.54 bits per heavy atom. The number of fused-ring (bicyclic) bond motifs is 1. The zero-order chi connectivity index (χ0) is 16.5. The number of hydrogen-bond donors (Lipinski definition) is 0. The third-order valence-electron chi connectivity index (χ3n) is 3.73. The molecule has 0 bridgehead atoms. The topological polar surface area (TPSA) is 65.6 Å². The van der Waals surface area contributed by atoms with Gasteiger partial charge in [0.15, 0.2) is 5.65 Å². The van der Waals surface area contributed by atoms with Gasteiger partial charge in [0, 0.05) is 5.56 Å². The van der Waals surface area contributed by atoms with Crippen molar-refractivity contribution in [2.45, 2.75) is 6.54 Å². The molecule has 0 amide bonds. The molecule has 118 valence electrons. The smallest absolute Gasteiger partial charge is 0.267 e. The molecule has 0 radical (unpaired) electrons. The molecule has 0 N–H and O–H groups in total. The average molecular weight is 321 g/mol. The molecule has 4 aromatic rings. The lowest BCUT2D eigenvalue weighted by Crippen LogP contribution is -2.25. The Bertz CT molecular complexity index is 1070. The van der Waals surface area contributed by atoms with E-state index in [0.717, 1.165) is 10.4 Å². The zero-order valence-corrected chi connectivity index (χ0v) is 12.5. The fourth-order valence-electron chi connectivity index (χ4n) is 2.51. The first kappa shape index (κ1) is 14.3. The molecule has 0 atom stereocenters. The van der Waals surface area contributed by atoms with Crippen LogP contribution in [-0.2, 0) is 6.54 Å². The highest BCUT2D eigenvalue weighted by Crippen LogP contribution is 2.13. The highest BCUT2D eigenvalue weighted by atomic mass is 19.1. The van der Waals surface area contributed by atoms with Crippen LogP contribution in [0.25, 0.3) is 16.7 Å². The number of nitrogens with zero attached hydrogens (tertiary/aromatic N) is 5. The minimum absolute atomic E-state index is 0.0188. The number of rotatable bonds is 3. The quantitative estimate of drug-likeness (QED) is 0.580. The van der Waals surface area contributed by atoms with Crippen molar-refractivity contribution in [2.24, 2.45) is 0 Å². The zero-order valence-electron chi connectivity index (χ0n) is 12.5. The molecule has 0 aliphatic rings. The van der Waals surface area contributed by atoms with Crippen molar-refractivity contribution in [1.82, 2.24) is 24.8 Å². The molecule has 2 aromatic heterocycles. The molecule has 0 aliphatic carbocycles. The third-order valence-corrected chi connectivity index (χ3v) is 3.73. The van der Waals surface area contributed by atoms with Gasteiger partial charge in [-0.15, -0.1) is 5.10 Å². The SMILES string of the molecule is O=c1c2cnn(-c3ccccc3)c2nnn1Cc1ccccc1F. The minimum atomic E-state index is -0.383. The van der Waals surface area contributed by atoms with E-state index in [-0.39, 0.29) is 17.9 Å². The fourth-order valence-corrected chi connectivity index (χ4v) is 2.51. The molecule has 7 heteroatoms. The second-order valence-corrected chi connectivity index (χ2v) is 5.27. The first-order chi connectivity index (χ1) is 11.7. The van der Waals surface area contributed by atoms with Gasteiger partial charge in [0.2, 0.25) is 0 Å². The van der Waals surface area contributed by atoms with Crippen LogP contribution in [-0.4, -0.2) is 24.8 Å². The predicted molar refractivity (Wildman–Crippen MR) is 86.4 cm³/mol. The Labute approximate surface area is 135 Å². The molecule has 0 saturated carbocycles. The maximum Gasteiger partial charge on any atom is 0.281 e. The van der Waals surface area contributed by atoms with Crippen molar-refractivity contribution in [3.63, 3.8) is 0 Å². The maximum atomic E-state index is 13.8. The molecule has 0 fully saturated rings. The molecular weight excluding hydrogens is 309 g/mol. The summed E-state index contributed by atoms with van der Waals surface area (Å²) in [6.45, 7) is 0.0188. The number of aromatic nitrogens is 5. The maximum absolute atomic E-state index is 13.8. The van der Waals surface area contributed by atoms with Crippen LogP contribution in [0.15, 0.2) is 65.6 Å². The molecule has 0 unspecified atom stereocenters. The second-order valence-electron chi connectivity index (χ2n) is 5.27. The summed E-state index contributed by atoms with van der Waals surface area (Å²) < 4.78 is 16.5. The summed E-state index contributed by atoms with van der Waals surface area (Å²) in [5, 5.41) is 12.6. The summed E-state index contributed by atoms with van der Waals surface area (Å²) in [5.41, 5.74) is 1.18. The Balaban J connectivity index is 1.80. The molecular formula is C17H12FN5O. The van der Waals surface area contributed by atoms with E-state index in [9.17, 15) is 9.18 Å². The number of benzene rings is 2. The van der Waals surface area contributed by atoms with Crippen LogP contribution in [0.2, 0.25) is 0 Å². The number of para-hydroxylation sites is 1. The Hall–Kier alpha value is -3.35. The van der Waals surface area contributed by atoms with Crippen LogP contribution in [0.5, 0.6) is 0 Å². The van der Waals surface area contributed by atoms with Crippen molar-refractivity contribution in [3.8, 4) is 5.69 Å². The third kappa shape index (κ3) is 2.36. The Morgan fingerprint density at radius 2 is 1.75 bits per heavy atom. The lowest BCUT2D eigenvalue weighted by molar-refractivity contribution is 0.556. The standard InChI is InChI=1S/C17H12FN5O/c18-15-9-5-4-6-12(15)11-22-17(24)14-10-19-23(16(14)20-21-22)13-7-2-1-3-8-13/h1-10H,11H2. The van der Waals surface area contributed by atoms with Gasteiger partial charge in [-0.2, -0.15) is 5.10 Å². The summed E-state index contributed by atoms with van der Waals surface area (Å²) in [6.07, 6.45) is 1.46. The number of halogens is 1. The average Bonchev–Trinajstić information content (AvgIpc) is 3.05. The van der Waals surface area contributed by atoms with Gasteiger partial charge in [-0.05, 0) is 18.2 Å². The van der Waals surface area contributed by atoms with Gasteiger partial charge in [-0.25, -0.2) is 13.8 Å². The summed E-state index contributed by atoms with van der Waals surface area (Å²) in [5.74, 6) is -0.383. The molecule has 4 rings (SSSR count). The van der Waals surface area contributed by atoms with Gasteiger partial charge >= 0.3 is 0 Å². The van der Waals surface area contributed by atoms with E-state index in [0.29, 0.717) is 16.6 Å². The van der Waals surface area contributed by atoms with E-state index in [1.54, 1.807) is 22.9 Å². The van der Waals surface area contributed by atoms with Crippen LogP contribution in [0.1, 0.15) is 5.56 Å². The van der Waals surface area contributed by atoms with Crippen molar-refractivity contribution in [2.75, 3.05) is 0 Å². The van der Waals surface area contributed by atoms with E-state index in [1.807, 2.05) is 30.3 Å². The molecule has 2 aromatic carbocycles. The fraction of sp³-hybridized carbons (Fsp3) is 0.0588. The monoisotopic (exact) mass is 321 g/mol. The molecule has 6 nitrogen and oxygen atoms in total. The van der Waals surface area contributed by atoms with E-state index >= 15 is 0 Å². The van der Waals surface area contributed by atoms with Crippen molar-refractivity contribution in [1.29, 1.82) is 0 Å². The second kappa shape index (κ2) is 5.69. The normalized spacial score (nSPS) is 11.0. The minimum Gasteiger partial charge on any atom is -0.267 e. The van der Waals surface area contributed by atoms with Gasteiger partial charge in [0.1, 0.15) is 11.2 Å². The van der Waals surface area contributed by atoms with E-state index in [2.05, 4.69) is 15.4 Å². The van der Waals surface area contributed by atoms with Gasteiger partial charge in [-0.3, -0.25) is 4.79 Å². The summed E-state index contributed by atoms with van der Waals surface area (Å²) in [6, 6.07) is 15.6. The lowest BCUT2D eigenvalue weighted by Gasteiger charge is -2.05. The molecule has 0 spiro atoms. The van der Waals surface area contributed by atoms with Crippen LogP contribution in [0.4, 0.5) is 4.39 Å². The summed E-state index contributed by atoms with van der Waals surface area (Å²) >= 11 is 0. The van der Waals surface area contributed by atoms with E-state index < -0.39 is 0 Å². The molecule has 0 aliphatic heterocycles. The van der Waals surface area contributed by atoms with Gasteiger partial charge < -0.3 is 0 Å². The van der Waals surface area contributed by atoms with Crippen LogP contribution in [0.3, 0.4) is 0 Å². The summed E-state index contributed by atoms with van der Waals surface area (Å²) in [7, 11) is 0. The van der Waals surface area contributed by atoms with Crippen LogP contribution < -0.4 is 5.56 Å². The van der Waals surface area contributed by atoms with Crippen molar-refractivity contribution < 1.29 is 4.39 Å². The van der Waals surface area contributed by atoms with Crippen molar-refractivity contribution in [3.05, 3.63) is 82.5 Å². The highest BCUT2D eigenvalue weighted by molar-refractivity contribution is 5.74. The molecule has 2 heterocycles. The van der Waals surface area contributed by atoms with Gasteiger partial charge in [-0.1, -0.05) is 41.6 Å². The van der Waals surface area contributed by atoms with Gasteiger partial charge in [0.05, 0.1) is 18.4 Å². The Morgan fingerprint density at radius 1 is 1.00 bits per heavy atom. The lowest BCUT2D eigenvalue weighted by atomic mass is 10.2. The highest BCUT2D eigenvalue weighted by Gasteiger charge is 2.13. The molecule has 0 saturated heterocycles. The van der Waals surface area contributed by atoms with E-state index in [1.165, 1.54) is 12.3 Å². The van der Waals surface area contributed by atoms with Crippen molar-refractivity contribution >= 4 is 11.0 Å². The predicted octanol–water partition coefficient (Wildman–Crippen LogP) is 2.16. The molecule has 24 heavy (non-hydrogen) atoms. The largest absolute Gasteiger partial charge is 0.281 e. The van der Waals surface area contributed by atoms with Crippen LogP contribution >= 0.6 is 0 Å². The first-order valence-corrected chi connectivity index (χ1v) is 7.34. The van der Waals surface area contributed by atoms with Gasteiger partial charge in [0.25, 0.3) is 5.56 Å². The van der Waals surface area contributed by atoms with E-state index in [4.69, 9.17) is 0 Å². The first-order valence-electron chi connectivity index (χ1n) is 7.34.